The van der Waals surface area contributed by atoms with Gasteiger partial charge in [0.1, 0.15) is 6.54 Å². The lowest BCUT2D eigenvalue weighted by atomic mass is 9.85. The van der Waals surface area contributed by atoms with Gasteiger partial charge in [-0.1, -0.05) is 35.6 Å². The van der Waals surface area contributed by atoms with Crippen LogP contribution in [0.15, 0.2) is 42.5 Å². The molecule has 1 spiro atoms. The lowest BCUT2D eigenvalue weighted by Crippen LogP contribution is -3.12. The summed E-state index contributed by atoms with van der Waals surface area (Å²) in [6.45, 7) is 2.65. The standard InChI is InChI=1S/C22H20ClNO2/c23-19-3-1-2-16(12-19)4-5-17-6-7-18-14-24(11-8-21(25)26)15-22(9-10-22)20(18)13-17/h1-3,6-7,12-13H,8-11,14-15H2,(H,25,26)/p+1. The van der Waals surface area contributed by atoms with Gasteiger partial charge < -0.3 is 10.0 Å². The molecule has 3 nitrogen and oxygen atoms in total. The SMILES string of the molecule is O=C(O)CC[NH+]1Cc2ccc(C#Cc3cccc(Cl)c3)cc2C2(CC2)C1. The molecule has 1 unspecified atom stereocenters. The number of carbonyl (C=O) groups is 1. The van der Waals surface area contributed by atoms with E-state index >= 15 is 0 Å². The average molecular weight is 367 g/mol. The van der Waals surface area contributed by atoms with Gasteiger partial charge in [0.05, 0.1) is 19.5 Å². The van der Waals surface area contributed by atoms with Crippen molar-refractivity contribution in [2.45, 2.75) is 31.2 Å². The molecular weight excluding hydrogens is 346 g/mol. The van der Waals surface area contributed by atoms with Gasteiger partial charge >= 0.3 is 5.97 Å². The smallest absolute Gasteiger partial charge is 0.309 e. The second kappa shape index (κ2) is 6.79. The van der Waals surface area contributed by atoms with Crippen molar-refractivity contribution in [2.75, 3.05) is 13.1 Å². The first kappa shape index (κ1) is 17.1. The summed E-state index contributed by atoms with van der Waals surface area (Å²) >= 11 is 6.02. The van der Waals surface area contributed by atoms with Crippen LogP contribution < -0.4 is 4.90 Å². The van der Waals surface area contributed by atoms with Crippen LogP contribution in [0.2, 0.25) is 5.02 Å². The minimum absolute atomic E-state index is 0.240. The topological polar surface area (TPSA) is 41.7 Å². The van der Waals surface area contributed by atoms with Crippen LogP contribution in [0.5, 0.6) is 0 Å². The zero-order valence-corrected chi connectivity index (χ0v) is 15.3. The number of carboxylic acids is 1. The Kier molecular flexibility index (Phi) is 4.48. The van der Waals surface area contributed by atoms with Crippen molar-refractivity contribution in [3.63, 3.8) is 0 Å². The van der Waals surface area contributed by atoms with Gasteiger partial charge in [-0.05, 0) is 48.7 Å². The van der Waals surface area contributed by atoms with Crippen molar-refractivity contribution in [3.8, 4) is 11.8 Å². The summed E-state index contributed by atoms with van der Waals surface area (Å²) in [7, 11) is 0. The number of rotatable bonds is 3. The zero-order chi connectivity index (χ0) is 18.1. The van der Waals surface area contributed by atoms with Gasteiger partial charge in [-0.3, -0.25) is 4.79 Å². The maximum atomic E-state index is 10.9. The Morgan fingerprint density at radius 2 is 1.92 bits per heavy atom. The van der Waals surface area contributed by atoms with Crippen LogP contribution in [0.1, 0.15) is 41.5 Å². The number of hydrogen-bond donors (Lipinski definition) is 2. The molecule has 1 heterocycles. The van der Waals surface area contributed by atoms with Gasteiger partial charge in [-0.15, -0.1) is 0 Å². The minimum atomic E-state index is -0.709. The van der Waals surface area contributed by atoms with Crippen molar-refractivity contribution in [3.05, 3.63) is 69.7 Å². The van der Waals surface area contributed by atoms with Crippen LogP contribution >= 0.6 is 11.6 Å². The number of fused-ring (bicyclic) bond motifs is 2. The maximum Gasteiger partial charge on any atom is 0.309 e. The van der Waals surface area contributed by atoms with Crippen LogP contribution in [0.25, 0.3) is 0 Å². The highest BCUT2D eigenvalue weighted by Gasteiger charge is 2.51. The fourth-order valence-corrected chi connectivity index (χ4v) is 4.17. The first-order chi connectivity index (χ1) is 12.5. The zero-order valence-electron chi connectivity index (χ0n) is 14.5. The number of hydrogen-bond acceptors (Lipinski definition) is 1. The number of carboxylic acid groups (broad SMARTS) is 1. The van der Waals surface area contributed by atoms with Crippen LogP contribution in [0.3, 0.4) is 0 Å². The summed E-state index contributed by atoms with van der Waals surface area (Å²) in [6, 6.07) is 14.1. The van der Waals surface area contributed by atoms with E-state index in [-0.39, 0.29) is 11.8 Å². The number of aliphatic carboxylic acids is 1. The van der Waals surface area contributed by atoms with Crippen molar-refractivity contribution >= 4 is 17.6 Å². The molecule has 2 aromatic rings. The molecule has 1 atom stereocenters. The molecule has 4 rings (SSSR count). The van der Waals surface area contributed by atoms with Gasteiger partial charge in [-0.25, -0.2) is 0 Å². The number of quaternary nitrogens is 1. The molecule has 0 aromatic heterocycles. The largest absolute Gasteiger partial charge is 0.481 e. The van der Waals surface area contributed by atoms with E-state index in [1.54, 1.807) is 0 Å². The molecule has 1 aliphatic carbocycles. The van der Waals surface area contributed by atoms with E-state index in [2.05, 4.69) is 30.0 Å². The summed E-state index contributed by atoms with van der Waals surface area (Å²) in [5.41, 5.74) is 4.97. The highest BCUT2D eigenvalue weighted by Crippen LogP contribution is 2.49. The Morgan fingerprint density at radius 1 is 1.15 bits per heavy atom. The first-order valence-corrected chi connectivity index (χ1v) is 9.38. The third-order valence-electron chi connectivity index (χ3n) is 5.43. The van der Waals surface area contributed by atoms with Crippen LogP contribution in [0.4, 0.5) is 0 Å². The molecule has 1 saturated carbocycles. The lowest BCUT2D eigenvalue weighted by Gasteiger charge is -2.32. The summed E-state index contributed by atoms with van der Waals surface area (Å²) < 4.78 is 0. The molecule has 1 fully saturated rings. The van der Waals surface area contributed by atoms with Crippen LogP contribution in [0, 0.1) is 11.8 Å². The average Bonchev–Trinajstić information content (AvgIpc) is 3.38. The molecule has 2 aliphatic rings. The second-order valence-corrected chi connectivity index (χ2v) is 7.85. The van der Waals surface area contributed by atoms with E-state index in [1.165, 1.54) is 28.9 Å². The molecule has 0 bridgehead atoms. The molecule has 4 heteroatoms. The van der Waals surface area contributed by atoms with Gasteiger partial charge in [0.2, 0.25) is 0 Å². The monoisotopic (exact) mass is 366 g/mol. The van der Waals surface area contributed by atoms with Crippen molar-refractivity contribution in [2.24, 2.45) is 0 Å². The van der Waals surface area contributed by atoms with Crippen molar-refractivity contribution in [1.29, 1.82) is 0 Å². The predicted molar refractivity (Wildman–Crippen MR) is 101 cm³/mol. The van der Waals surface area contributed by atoms with Gasteiger partial charge in [0.25, 0.3) is 0 Å². The summed E-state index contributed by atoms with van der Waals surface area (Å²) in [5.74, 6) is 5.75. The second-order valence-electron chi connectivity index (χ2n) is 7.41. The number of benzene rings is 2. The molecular formula is C22H21ClNO2+. The van der Waals surface area contributed by atoms with E-state index in [9.17, 15) is 4.79 Å². The maximum absolute atomic E-state index is 10.9. The van der Waals surface area contributed by atoms with E-state index in [0.29, 0.717) is 11.6 Å². The van der Waals surface area contributed by atoms with Gasteiger partial charge in [0.15, 0.2) is 0 Å². The summed E-state index contributed by atoms with van der Waals surface area (Å²) in [5, 5.41) is 9.65. The van der Waals surface area contributed by atoms with E-state index in [4.69, 9.17) is 16.7 Å². The highest BCUT2D eigenvalue weighted by atomic mass is 35.5. The molecule has 0 amide bonds. The van der Waals surface area contributed by atoms with E-state index < -0.39 is 5.97 Å². The quantitative estimate of drug-likeness (QED) is 0.820. The van der Waals surface area contributed by atoms with Gasteiger partial charge in [0, 0.05) is 27.1 Å². The third-order valence-corrected chi connectivity index (χ3v) is 5.67. The van der Waals surface area contributed by atoms with E-state index in [0.717, 1.165) is 24.2 Å². The van der Waals surface area contributed by atoms with Crippen LogP contribution in [-0.2, 0) is 16.8 Å². The first-order valence-electron chi connectivity index (χ1n) is 9.00. The molecule has 1 aliphatic heterocycles. The Hall–Kier alpha value is -2.28. The normalized spacial score (nSPS) is 19.3. The Morgan fingerprint density at radius 3 is 2.62 bits per heavy atom. The third kappa shape index (κ3) is 3.62. The molecule has 2 N–H and O–H groups in total. The highest BCUT2D eigenvalue weighted by molar-refractivity contribution is 6.30. The molecule has 26 heavy (non-hydrogen) atoms. The molecule has 0 radical (unpaired) electrons. The number of nitrogens with one attached hydrogen (secondary N) is 1. The van der Waals surface area contributed by atoms with Gasteiger partial charge in [-0.2, -0.15) is 0 Å². The number of halogens is 1. The summed E-state index contributed by atoms with van der Waals surface area (Å²) in [4.78, 5) is 12.3. The fraction of sp³-hybridized carbons (Fsp3) is 0.318. The Bertz CT molecular complexity index is 921. The Balaban J connectivity index is 1.57. The minimum Gasteiger partial charge on any atom is -0.481 e. The van der Waals surface area contributed by atoms with E-state index in [1.807, 2.05) is 24.3 Å². The predicted octanol–water partition coefficient (Wildman–Crippen LogP) is 2.64. The Labute approximate surface area is 158 Å². The lowest BCUT2D eigenvalue weighted by molar-refractivity contribution is -0.918. The molecule has 2 aromatic carbocycles. The fourth-order valence-electron chi connectivity index (χ4n) is 3.98. The molecule has 0 saturated heterocycles. The van der Waals surface area contributed by atoms with Crippen molar-refractivity contribution in [1.82, 2.24) is 0 Å². The van der Waals surface area contributed by atoms with Crippen molar-refractivity contribution < 1.29 is 14.8 Å². The molecule has 132 valence electrons. The summed E-state index contributed by atoms with van der Waals surface area (Å²) in [6.07, 6.45) is 2.63. The van der Waals surface area contributed by atoms with Crippen LogP contribution in [-0.4, -0.2) is 24.2 Å².